The lowest BCUT2D eigenvalue weighted by atomic mass is 10.0. The van der Waals surface area contributed by atoms with E-state index < -0.39 is 0 Å². The van der Waals surface area contributed by atoms with Gasteiger partial charge in [-0.2, -0.15) is 0 Å². The molecule has 1 saturated carbocycles. The Balaban J connectivity index is 1.85. The molecule has 94 valence electrons. The zero-order valence-electron chi connectivity index (χ0n) is 11.0. The fourth-order valence-electron chi connectivity index (χ4n) is 2.47. The van der Waals surface area contributed by atoms with E-state index in [9.17, 15) is 0 Å². The van der Waals surface area contributed by atoms with Gasteiger partial charge in [0.15, 0.2) is 0 Å². The molecule has 2 rings (SSSR count). The van der Waals surface area contributed by atoms with Crippen molar-refractivity contribution in [2.24, 2.45) is 11.8 Å². The van der Waals surface area contributed by atoms with Crippen molar-refractivity contribution in [3.63, 3.8) is 0 Å². The van der Waals surface area contributed by atoms with E-state index in [0.29, 0.717) is 0 Å². The quantitative estimate of drug-likeness (QED) is 0.834. The third kappa shape index (κ3) is 3.46. The van der Waals surface area contributed by atoms with E-state index in [1.165, 1.54) is 17.5 Å². The molecular weight excluding hydrogens is 230 g/mol. The van der Waals surface area contributed by atoms with E-state index >= 15 is 0 Å². The first-order valence-corrected chi connectivity index (χ1v) is 6.92. The van der Waals surface area contributed by atoms with Crippen LogP contribution in [-0.4, -0.2) is 13.1 Å². The monoisotopic (exact) mass is 251 g/mol. The molecule has 1 nitrogen and oxygen atoms in total. The van der Waals surface area contributed by atoms with Gasteiger partial charge in [0.2, 0.25) is 0 Å². The molecule has 1 N–H and O–H groups in total. The number of hydrogen-bond donors (Lipinski definition) is 1. The minimum absolute atomic E-state index is 0.740. The Kier molecular flexibility index (Phi) is 4.11. The molecule has 1 fully saturated rings. The van der Waals surface area contributed by atoms with E-state index in [2.05, 4.69) is 38.2 Å². The average molecular weight is 252 g/mol. The zero-order chi connectivity index (χ0) is 12.4. The summed E-state index contributed by atoms with van der Waals surface area (Å²) in [6.07, 6.45) is 1.33. The van der Waals surface area contributed by atoms with Crippen molar-refractivity contribution in [3.05, 3.63) is 34.3 Å². The number of nitrogens with one attached hydrogen (secondary N) is 1. The Bertz CT molecular complexity index is 387. The van der Waals surface area contributed by atoms with Crippen LogP contribution in [0.1, 0.15) is 37.3 Å². The van der Waals surface area contributed by atoms with Crippen LogP contribution in [-0.2, 0) is 0 Å². The summed E-state index contributed by atoms with van der Waals surface area (Å²) < 4.78 is 0. The first kappa shape index (κ1) is 12.9. The summed E-state index contributed by atoms with van der Waals surface area (Å²) >= 11 is 5.98. The molecule has 0 saturated heterocycles. The molecule has 0 aliphatic heterocycles. The number of hydrogen-bond acceptors (Lipinski definition) is 1. The maximum absolute atomic E-state index is 5.98. The lowest BCUT2D eigenvalue weighted by molar-refractivity contribution is 0.532. The topological polar surface area (TPSA) is 12.0 Å². The highest BCUT2D eigenvalue weighted by atomic mass is 35.5. The van der Waals surface area contributed by atoms with Gasteiger partial charge in [0.1, 0.15) is 0 Å². The summed E-state index contributed by atoms with van der Waals surface area (Å²) in [5, 5.41) is 4.40. The van der Waals surface area contributed by atoms with Crippen LogP contribution >= 0.6 is 11.6 Å². The fraction of sp³-hybridized carbons (Fsp3) is 0.600. The molecule has 0 aromatic heterocycles. The highest BCUT2D eigenvalue weighted by Gasteiger charge is 2.38. The SMILES string of the molecule is Cc1cc(Cl)ccc1C1CC1CNCC(C)C. The molecule has 2 atom stereocenters. The molecule has 2 heteroatoms. The van der Waals surface area contributed by atoms with Gasteiger partial charge in [-0.1, -0.05) is 31.5 Å². The van der Waals surface area contributed by atoms with Gasteiger partial charge in [0.25, 0.3) is 0 Å². The van der Waals surface area contributed by atoms with Gasteiger partial charge in [0, 0.05) is 5.02 Å². The predicted octanol–water partition coefficient (Wildman–Crippen LogP) is 4.00. The van der Waals surface area contributed by atoms with Gasteiger partial charge < -0.3 is 5.32 Å². The van der Waals surface area contributed by atoms with Crippen molar-refractivity contribution in [2.75, 3.05) is 13.1 Å². The van der Waals surface area contributed by atoms with Crippen LogP contribution in [0.5, 0.6) is 0 Å². The van der Waals surface area contributed by atoms with Crippen molar-refractivity contribution in [2.45, 2.75) is 33.1 Å². The molecule has 0 heterocycles. The highest BCUT2D eigenvalue weighted by Crippen LogP contribution is 2.48. The summed E-state index contributed by atoms with van der Waals surface area (Å²) in [6.45, 7) is 8.95. The Morgan fingerprint density at radius 3 is 2.82 bits per heavy atom. The Labute approximate surface area is 110 Å². The van der Waals surface area contributed by atoms with Gasteiger partial charge in [0.05, 0.1) is 0 Å². The first-order chi connectivity index (χ1) is 8.08. The third-order valence-electron chi connectivity index (χ3n) is 3.51. The first-order valence-electron chi connectivity index (χ1n) is 6.54. The van der Waals surface area contributed by atoms with E-state index in [4.69, 9.17) is 11.6 Å². The summed E-state index contributed by atoms with van der Waals surface area (Å²) in [5.41, 5.74) is 2.83. The van der Waals surface area contributed by atoms with Crippen LogP contribution in [0.4, 0.5) is 0 Å². The van der Waals surface area contributed by atoms with Crippen molar-refractivity contribution in [1.82, 2.24) is 5.32 Å². The second kappa shape index (κ2) is 5.41. The van der Waals surface area contributed by atoms with Crippen LogP contribution in [0.25, 0.3) is 0 Å². The van der Waals surface area contributed by atoms with Crippen LogP contribution in [0.3, 0.4) is 0 Å². The summed E-state index contributed by atoms with van der Waals surface area (Å²) in [4.78, 5) is 0. The number of benzene rings is 1. The maximum Gasteiger partial charge on any atom is 0.0408 e. The Hall–Kier alpha value is -0.530. The molecular formula is C15H22ClN. The van der Waals surface area contributed by atoms with Crippen LogP contribution in [0.15, 0.2) is 18.2 Å². The molecule has 1 aromatic rings. The number of halogens is 1. The second-order valence-corrected chi connectivity index (χ2v) is 6.09. The number of rotatable bonds is 5. The van der Waals surface area contributed by atoms with E-state index in [0.717, 1.165) is 35.9 Å². The van der Waals surface area contributed by atoms with Gasteiger partial charge >= 0.3 is 0 Å². The van der Waals surface area contributed by atoms with Gasteiger partial charge in [-0.3, -0.25) is 0 Å². The molecule has 0 radical (unpaired) electrons. The normalized spacial score (nSPS) is 23.1. The van der Waals surface area contributed by atoms with Crippen molar-refractivity contribution in [1.29, 1.82) is 0 Å². The van der Waals surface area contributed by atoms with Gasteiger partial charge in [-0.05, 0) is 67.4 Å². The third-order valence-corrected chi connectivity index (χ3v) is 3.75. The van der Waals surface area contributed by atoms with Crippen LogP contribution in [0, 0.1) is 18.8 Å². The average Bonchev–Trinajstić information content (AvgIpc) is 2.96. The maximum atomic E-state index is 5.98. The lowest BCUT2D eigenvalue weighted by Gasteiger charge is -2.08. The lowest BCUT2D eigenvalue weighted by Crippen LogP contribution is -2.22. The molecule has 0 bridgehead atoms. The largest absolute Gasteiger partial charge is 0.316 e. The van der Waals surface area contributed by atoms with Crippen LogP contribution < -0.4 is 5.32 Å². The summed E-state index contributed by atoms with van der Waals surface area (Å²) in [7, 11) is 0. The van der Waals surface area contributed by atoms with E-state index in [-0.39, 0.29) is 0 Å². The minimum Gasteiger partial charge on any atom is -0.316 e. The highest BCUT2D eigenvalue weighted by molar-refractivity contribution is 6.30. The predicted molar refractivity (Wildman–Crippen MR) is 74.7 cm³/mol. The minimum atomic E-state index is 0.740. The second-order valence-electron chi connectivity index (χ2n) is 5.66. The molecule has 0 spiro atoms. The van der Waals surface area contributed by atoms with E-state index in [1.807, 2.05) is 6.07 Å². The molecule has 1 aromatic carbocycles. The molecule has 0 amide bonds. The molecule has 1 aliphatic rings. The van der Waals surface area contributed by atoms with Crippen LogP contribution in [0.2, 0.25) is 5.02 Å². The van der Waals surface area contributed by atoms with Crippen molar-refractivity contribution < 1.29 is 0 Å². The summed E-state index contributed by atoms with van der Waals surface area (Å²) in [5.74, 6) is 2.32. The number of aryl methyl sites for hydroxylation is 1. The Morgan fingerprint density at radius 1 is 1.41 bits per heavy atom. The summed E-state index contributed by atoms with van der Waals surface area (Å²) in [6, 6.07) is 6.29. The zero-order valence-corrected chi connectivity index (χ0v) is 11.7. The standard InChI is InChI=1S/C15H22ClN/c1-10(2)8-17-9-12-7-15(12)14-5-4-13(16)6-11(14)3/h4-6,10,12,15,17H,7-9H2,1-3H3. The molecule has 2 unspecified atom stereocenters. The van der Waals surface area contributed by atoms with Gasteiger partial charge in [-0.25, -0.2) is 0 Å². The smallest absolute Gasteiger partial charge is 0.0408 e. The Morgan fingerprint density at radius 2 is 2.18 bits per heavy atom. The van der Waals surface area contributed by atoms with E-state index in [1.54, 1.807) is 0 Å². The van der Waals surface area contributed by atoms with Crippen molar-refractivity contribution >= 4 is 11.6 Å². The fourth-order valence-corrected chi connectivity index (χ4v) is 2.69. The molecule has 17 heavy (non-hydrogen) atoms. The van der Waals surface area contributed by atoms with Gasteiger partial charge in [-0.15, -0.1) is 0 Å². The molecule has 1 aliphatic carbocycles. The van der Waals surface area contributed by atoms with Crippen molar-refractivity contribution in [3.8, 4) is 0 Å².